The molecule has 0 fully saturated rings. The fraction of sp³-hybridized carbons (Fsp3) is 0.105. The van der Waals surface area contributed by atoms with Gasteiger partial charge in [-0.3, -0.25) is 0 Å². The van der Waals surface area contributed by atoms with Gasteiger partial charge in [0.1, 0.15) is 10.6 Å². The van der Waals surface area contributed by atoms with Crippen LogP contribution in [0, 0.1) is 0 Å². The van der Waals surface area contributed by atoms with Crippen molar-refractivity contribution >= 4 is 49.6 Å². The van der Waals surface area contributed by atoms with Gasteiger partial charge in [-0.25, -0.2) is 14.8 Å². The molecule has 28 heavy (non-hydrogen) atoms. The van der Waals surface area contributed by atoms with Crippen LogP contribution in [0.5, 0.6) is 0 Å². The minimum absolute atomic E-state index is 0.205. The van der Waals surface area contributed by atoms with Crippen molar-refractivity contribution in [1.29, 1.82) is 0 Å². The van der Waals surface area contributed by atoms with Crippen LogP contribution in [0.25, 0.3) is 21.9 Å². The van der Waals surface area contributed by atoms with E-state index in [0.717, 1.165) is 16.2 Å². The van der Waals surface area contributed by atoms with Crippen LogP contribution in [0.2, 0.25) is 0 Å². The summed E-state index contributed by atoms with van der Waals surface area (Å²) in [5.41, 5.74) is 0.749. The molecular weight excluding hydrogens is 457 g/mol. The molecule has 0 saturated carbocycles. The summed E-state index contributed by atoms with van der Waals surface area (Å²) in [5.74, 6) is -0.933. The zero-order chi connectivity index (χ0) is 19.9. The van der Waals surface area contributed by atoms with Gasteiger partial charge in [0.05, 0.1) is 5.52 Å². The molecule has 0 N–H and O–H groups in total. The molecule has 0 atom stereocenters. The smallest absolute Gasteiger partial charge is 0.423 e. The van der Waals surface area contributed by atoms with E-state index in [1.54, 1.807) is 36.4 Å². The van der Waals surface area contributed by atoms with E-state index in [1.165, 1.54) is 12.1 Å². The summed E-state index contributed by atoms with van der Waals surface area (Å²) >= 11 is 4.44. The first-order valence-corrected chi connectivity index (χ1v) is 9.78. The van der Waals surface area contributed by atoms with Gasteiger partial charge in [-0.1, -0.05) is 34.1 Å². The van der Waals surface area contributed by atoms with Crippen LogP contribution in [0.3, 0.4) is 0 Å². The number of rotatable bonds is 3. The van der Waals surface area contributed by atoms with Gasteiger partial charge < -0.3 is 4.42 Å². The number of thioether (sulfide) groups is 1. The summed E-state index contributed by atoms with van der Waals surface area (Å²) in [6.07, 6.45) is -4.65. The summed E-state index contributed by atoms with van der Waals surface area (Å²) in [4.78, 5) is 19.2. The number of benzene rings is 2. The maximum absolute atomic E-state index is 13.2. The molecule has 0 amide bonds. The zero-order valence-corrected chi connectivity index (χ0v) is 16.4. The Kier molecular flexibility index (Phi) is 4.88. The second-order valence-corrected chi connectivity index (χ2v) is 7.77. The van der Waals surface area contributed by atoms with Crippen LogP contribution in [-0.2, 0) is 11.9 Å². The van der Waals surface area contributed by atoms with Gasteiger partial charge in [0.15, 0.2) is 0 Å². The summed E-state index contributed by atoms with van der Waals surface area (Å²) in [6.45, 7) is 0. The Morgan fingerprint density at radius 3 is 2.61 bits per heavy atom. The predicted molar refractivity (Wildman–Crippen MR) is 104 cm³/mol. The zero-order valence-electron chi connectivity index (χ0n) is 14.0. The van der Waals surface area contributed by atoms with Gasteiger partial charge in [0.25, 0.3) is 0 Å². The quantitative estimate of drug-likeness (QED) is 0.216. The number of para-hydroxylation sites is 1. The summed E-state index contributed by atoms with van der Waals surface area (Å²) < 4.78 is 45.5. The molecule has 4 rings (SSSR count). The molecule has 0 radical (unpaired) electrons. The number of hydrogen-bond donors (Lipinski definition) is 0. The second kappa shape index (κ2) is 7.21. The van der Waals surface area contributed by atoms with Gasteiger partial charge >= 0.3 is 11.8 Å². The Labute approximate surface area is 168 Å². The number of nitrogens with zero attached hydrogens (tertiary/aromatic N) is 2. The molecule has 2 heterocycles. The van der Waals surface area contributed by atoms with E-state index in [1.807, 2.05) is 0 Å². The summed E-state index contributed by atoms with van der Waals surface area (Å²) in [7, 11) is 0. The Bertz CT molecular complexity index is 1260. The minimum Gasteiger partial charge on any atom is -0.423 e. The molecule has 2 aromatic heterocycles. The van der Waals surface area contributed by atoms with Crippen molar-refractivity contribution in [1.82, 2.24) is 9.97 Å². The first-order valence-electron chi connectivity index (χ1n) is 8.00. The molecule has 142 valence electrons. The highest BCUT2D eigenvalue weighted by Gasteiger charge is 2.35. The van der Waals surface area contributed by atoms with Crippen LogP contribution in [-0.4, -0.2) is 9.97 Å². The van der Waals surface area contributed by atoms with Crippen molar-refractivity contribution in [3.05, 3.63) is 74.8 Å². The van der Waals surface area contributed by atoms with Gasteiger partial charge in [-0.2, -0.15) is 13.2 Å². The molecule has 0 unspecified atom stereocenters. The lowest BCUT2D eigenvalue weighted by Crippen LogP contribution is -2.11. The Morgan fingerprint density at radius 1 is 1.04 bits per heavy atom. The van der Waals surface area contributed by atoms with Gasteiger partial charge in [-0.15, -0.1) is 11.8 Å². The highest BCUT2D eigenvalue weighted by molar-refractivity contribution is 9.10. The van der Waals surface area contributed by atoms with E-state index in [-0.39, 0.29) is 16.3 Å². The lowest BCUT2D eigenvalue weighted by molar-refractivity contribution is -0.145. The van der Waals surface area contributed by atoms with Crippen LogP contribution >= 0.6 is 27.7 Å². The number of hydrogen-bond acceptors (Lipinski definition) is 5. The molecule has 0 saturated heterocycles. The number of aromatic nitrogens is 2. The fourth-order valence-corrected chi connectivity index (χ4v) is 4.10. The minimum atomic E-state index is -4.65. The first kappa shape index (κ1) is 18.9. The molecule has 0 aliphatic carbocycles. The Morgan fingerprint density at radius 2 is 1.82 bits per heavy atom. The predicted octanol–water partition coefficient (Wildman–Crippen LogP) is 5.81. The normalized spacial score (nSPS) is 12.0. The summed E-state index contributed by atoms with van der Waals surface area (Å²) in [5, 5.41) is 1.44. The molecule has 0 bridgehead atoms. The number of halogens is 4. The van der Waals surface area contributed by atoms with Crippen molar-refractivity contribution in [3.63, 3.8) is 0 Å². The topological polar surface area (TPSA) is 56.0 Å². The third-order valence-electron chi connectivity index (χ3n) is 3.98. The van der Waals surface area contributed by atoms with E-state index in [9.17, 15) is 18.0 Å². The largest absolute Gasteiger partial charge is 0.451 e. The molecule has 2 aromatic carbocycles. The van der Waals surface area contributed by atoms with Gasteiger partial charge in [0, 0.05) is 27.1 Å². The number of fused-ring (bicyclic) bond motifs is 2. The molecule has 4 nitrogen and oxygen atoms in total. The van der Waals surface area contributed by atoms with E-state index in [4.69, 9.17) is 4.42 Å². The standard InChI is InChI=1S/C19H10BrF3N2O2S/c20-11-5-6-12-10(7-16(26)27-15(12)8-11)9-28-17-13-3-1-2-4-14(13)24-18(25-17)19(21,22)23/h1-8H,9H2. The molecule has 0 aliphatic rings. The Balaban J connectivity index is 1.77. The molecule has 4 aromatic rings. The van der Waals surface area contributed by atoms with Gasteiger partial charge in [-0.05, 0) is 29.8 Å². The number of alkyl halides is 3. The average molecular weight is 467 g/mol. The molecule has 0 spiro atoms. The summed E-state index contributed by atoms with van der Waals surface area (Å²) in [6, 6.07) is 13.1. The average Bonchev–Trinajstić information content (AvgIpc) is 2.64. The fourth-order valence-electron chi connectivity index (χ4n) is 2.75. The highest BCUT2D eigenvalue weighted by atomic mass is 79.9. The van der Waals surface area contributed by atoms with Crippen LogP contribution in [0.1, 0.15) is 11.4 Å². The van der Waals surface area contributed by atoms with E-state index in [2.05, 4.69) is 25.9 Å². The van der Waals surface area contributed by atoms with Crippen LogP contribution in [0.4, 0.5) is 13.2 Å². The monoisotopic (exact) mass is 466 g/mol. The molecule has 9 heteroatoms. The molecule has 0 aliphatic heterocycles. The Hall–Kier alpha value is -2.39. The van der Waals surface area contributed by atoms with Crippen molar-refractivity contribution in [3.8, 4) is 0 Å². The third kappa shape index (κ3) is 3.77. The van der Waals surface area contributed by atoms with E-state index in [0.29, 0.717) is 21.9 Å². The SMILES string of the molecule is O=c1cc(CSc2nc(C(F)(F)F)nc3ccccc23)c2ccc(Br)cc2o1. The lowest BCUT2D eigenvalue weighted by Gasteiger charge is -2.11. The van der Waals surface area contributed by atoms with E-state index >= 15 is 0 Å². The third-order valence-corrected chi connectivity index (χ3v) is 5.51. The van der Waals surface area contributed by atoms with Crippen LogP contribution in [0.15, 0.2) is 67.2 Å². The maximum atomic E-state index is 13.2. The van der Waals surface area contributed by atoms with E-state index < -0.39 is 17.6 Å². The second-order valence-electron chi connectivity index (χ2n) is 5.89. The highest BCUT2D eigenvalue weighted by Crippen LogP contribution is 2.34. The van der Waals surface area contributed by atoms with Crippen molar-refractivity contribution in [2.24, 2.45) is 0 Å². The molecular formula is C19H10BrF3N2O2S. The van der Waals surface area contributed by atoms with Crippen molar-refractivity contribution in [2.75, 3.05) is 0 Å². The first-order chi connectivity index (χ1) is 13.3. The van der Waals surface area contributed by atoms with Crippen molar-refractivity contribution in [2.45, 2.75) is 17.0 Å². The van der Waals surface area contributed by atoms with Gasteiger partial charge in [0.2, 0.25) is 5.82 Å². The maximum Gasteiger partial charge on any atom is 0.451 e. The van der Waals surface area contributed by atoms with Crippen LogP contribution < -0.4 is 5.63 Å². The van der Waals surface area contributed by atoms with Crippen molar-refractivity contribution < 1.29 is 17.6 Å². The lowest BCUT2D eigenvalue weighted by atomic mass is 10.1.